The number of anilines is 2. The SMILES string of the molecule is CCN(CC)C(=O)c1cc(Nc2ccc3c(c2)OCO3)nc(-c2ccccc2)n1. The first-order valence-electron chi connectivity index (χ1n) is 9.58. The molecule has 4 rings (SSSR count). The summed E-state index contributed by atoms with van der Waals surface area (Å²) in [6, 6.07) is 16.9. The van der Waals surface area contributed by atoms with Gasteiger partial charge in [-0.3, -0.25) is 4.79 Å². The van der Waals surface area contributed by atoms with E-state index in [2.05, 4.69) is 15.3 Å². The number of aromatic nitrogens is 2. The van der Waals surface area contributed by atoms with Crippen LogP contribution in [0.3, 0.4) is 0 Å². The van der Waals surface area contributed by atoms with Crippen molar-refractivity contribution < 1.29 is 14.3 Å². The third-order valence-corrected chi connectivity index (χ3v) is 4.67. The van der Waals surface area contributed by atoms with Gasteiger partial charge >= 0.3 is 0 Å². The lowest BCUT2D eigenvalue weighted by molar-refractivity contribution is 0.0767. The molecule has 0 bridgehead atoms. The van der Waals surface area contributed by atoms with Crippen molar-refractivity contribution >= 4 is 17.4 Å². The van der Waals surface area contributed by atoms with Gasteiger partial charge in [-0.25, -0.2) is 9.97 Å². The zero-order valence-corrected chi connectivity index (χ0v) is 16.4. The second-order valence-electron chi connectivity index (χ2n) is 6.50. The molecule has 0 fully saturated rings. The van der Waals surface area contributed by atoms with Crippen LogP contribution in [0, 0.1) is 0 Å². The number of carbonyl (C=O) groups excluding carboxylic acids is 1. The monoisotopic (exact) mass is 390 g/mol. The molecule has 7 nitrogen and oxygen atoms in total. The van der Waals surface area contributed by atoms with Gasteiger partial charge in [0, 0.05) is 36.5 Å². The molecule has 1 amide bonds. The van der Waals surface area contributed by atoms with E-state index in [4.69, 9.17) is 9.47 Å². The van der Waals surface area contributed by atoms with E-state index in [0.29, 0.717) is 41.9 Å². The molecule has 1 aromatic heterocycles. The van der Waals surface area contributed by atoms with Gasteiger partial charge in [-0.1, -0.05) is 30.3 Å². The van der Waals surface area contributed by atoms with E-state index >= 15 is 0 Å². The fourth-order valence-electron chi connectivity index (χ4n) is 3.13. The van der Waals surface area contributed by atoms with E-state index in [0.717, 1.165) is 11.3 Å². The van der Waals surface area contributed by atoms with Crippen LogP contribution in [0.4, 0.5) is 11.5 Å². The van der Waals surface area contributed by atoms with Gasteiger partial charge in [-0.05, 0) is 26.0 Å². The first kappa shape index (κ1) is 18.7. The number of nitrogens with zero attached hydrogens (tertiary/aromatic N) is 3. The van der Waals surface area contributed by atoms with Crippen LogP contribution >= 0.6 is 0 Å². The summed E-state index contributed by atoms with van der Waals surface area (Å²) in [7, 11) is 0. The maximum absolute atomic E-state index is 12.9. The molecule has 0 saturated heterocycles. The van der Waals surface area contributed by atoms with Gasteiger partial charge in [0.05, 0.1) is 0 Å². The van der Waals surface area contributed by atoms with Crippen LogP contribution in [0.1, 0.15) is 24.3 Å². The first-order valence-corrected chi connectivity index (χ1v) is 9.58. The Morgan fingerprint density at radius 2 is 1.76 bits per heavy atom. The molecule has 2 aromatic carbocycles. The number of rotatable bonds is 6. The molecule has 29 heavy (non-hydrogen) atoms. The topological polar surface area (TPSA) is 76.6 Å². The van der Waals surface area contributed by atoms with Crippen LogP contribution in [0.2, 0.25) is 0 Å². The van der Waals surface area contributed by atoms with Crippen LogP contribution in [0.15, 0.2) is 54.6 Å². The van der Waals surface area contributed by atoms with Crippen molar-refractivity contribution in [2.75, 3.05) is 25.2 Å². The Bertz CT molecular complexity index is 1020. The summed E-state index contributed by atoms with van der Waals surface area (Å²) in [5.74, 6) is 2.29. The molecule has 1 aliphatic rings. The molecular weight excluding hydrogens is 368 g/mol. The lowest BCUT2D eigenvalue weighted by Gasteiger charge is -2.19. The lowest BCUT2D eigenvalue weighted by Crippen LogP contribution is -2.31. The maximum Gasteiger partial charge on any atom is 0.272 e. The van der Waals surface area contributed by atoms with Gasteiger partial charge in [0.25, 0.3) is 5.91 Å². The van der Waals surface area contributed by atoms with Crippen LogP contribution in [0.5, 0.6) is 11.5 Å². The van der Waals surface area contributed by atoms with Crippen LogP contribution in [0.25, 0.3) is 11.4 Å². The Morgan fingerprint density at radius 3 is 2.52 bits per heavy atom. The summed E-state index contributed by atoms with van der Waals surface area (Å²) < 4.78 is 10.8. The van der Waals surface area contributed by atoms with E-state index < -0.39 is 0 Å². The predicted octanol–water partition coefficient (Wildman–Crippen LogP) is 4.10. The summed E-state index contributed by atoms with van der Waals surface area (Å²) in [6.45, 7) is 5.35. The third kappa shape index (κ3) is 3.99. The quantitative estimate of drug-likeness (QED) is 0.683. The number of fused-ring (bicyclic) bond motifs is 1. The molecule has 0 spiro atoms. The molecule has 0 atom stereocenters. The Kier molecular flexibility index (Phi) is 5.29. The maximum atomic E-state index is 12.9. The summed E-state index contributed by atoms with van der Waals surface area (Å²) in [5, 5.41) is 3.26. The minimum absolute atomic E-state index is 0.122. The van der Waals surface area contributed by atoms with E-state index in [1.54, 1.807) is 11.0 Å². The highest BCUT2D eigenvalue weighted by atomic mass is 16.7. The molecule has 3 aromatic rings. The summed E-state index contributed by atoms with van der Waals surface area (Å²) in [5.41, 5.74) is 1.98. The highest BCUT2D eigenvalue weighted by molar-refractivity contribution is 5.93. The van der Waals surface area contributed by atoms with E-state index in [9.17, 15) is 4.79 Å². The van der Waals surface area contributed by atoms with E-state index in [-0.39, 0.29) is 12.7 Å². The fourth-order valence-corrected chi connectivity index (χ4v) is 3.13. The zero-order valence-electron chi connectivity index (χ0n) is 16.4. The van der Waals surface area contributed by atoms with Crippen molar-refractivity contribution in [2.45, 2.75) is 13.8 Å². The Hall–Kier alpha value is -3.61. The highest BCUT2D eigenvalue weighted by Crippen LogP contribution is 2.35. The average molecular weight is 390 g/mol. The molecular formula is C22H22N4O3. The van der Waals surface area contributed by atoms with Gasteiger partial charge in [-0.15, -0.1) is 0 Å². The van der Waals surface area contributed by atoms with Gasteiger partial charge in [0.1, 0.15) is 11.5 Å². The summed E-state index contributed by atoms with van der Waals surface area (Å²) in [4.78, 5) is 23.8. The number of hydrogen-bond acceptors (Lipinski definition) is 6. The van der Waals surface area contributed by atoms with Gasteiger partial charge in [0.15, 0.2) is 17.3 Å². The average Bonchev–Trinajstić information content (AvgIpc) is 3.23. The minimum atomic E-state index is -0.122. The standard InChI is InChI=1S/C22H22N4O3/c1-3-26(4-2)22(27)17-13-20(25-21(24-17)15-8-6-5-7-9-15)23-16-10-11-18-19(12-16)29-14-28-18/h5-13H,3-4,14H2,1-2H3,(H,23,24,25). The molecule has 0 unspecified atom stereocenters. The lowest BCUT2D eigenvalue weighted by atomic mass is 10.2. The molecule has 148 valence electrons. The van der Waals surface area contributed by atoms with E-state index in [1.807, 2.05) is 62.4 Å². The van der Waals surface area contributed by atoms with Crippen LogP contribution < -0.4 is 14.8 Å². The summed E-state index contributed by atoms with van der Waals surface area (Å²) >= 11 is 0. The predicted molar refractivity (Wildman–Crippen MR) is 111 cm³/mol. The van der Waals surface area contributed by atoms with Crippen molar-refractivity contribution in [3.8, 4) is 22.9 Å². The molecule has 0 radical (unpaired) electrons. The van der Waals surface area contributed by atoms with Crippen molar-refractivity contribution in [1.29, 1.82) is 0 Å². The number of carbonyl (C=O) groups is 1. The largest absolute Gasteiger partial charge is 0.454 e. The molecule has 0 saturated carbocycles. The number of hydrogen-bond donors (Lipinski definition) is 1. The Balaban J connectivity index is 1.72. The number of nitrogens with one attached hydrogen (secondary N) is 1. The number of amides is 1. The fraction of sp³-hybridized carbons (Fsp3) is 0.227. The third-order valence-electron chi connectivity index (χ3n) is 4.67. The van der Waals surface area contributed by atoms with Crippen LogP contribution in [-0.2, 0) is 0 Å². The molecule has 1 aliphatic heterocycles. The summed E-state index contributed by atoms with van der Waals surface area (Å²) in [6.07, 6.45) is 0. The number of benzene rings is 2. The minimum Gasteiger partial charge on any atom is -0.454 e. The van der Waals surface area contributed by atoms with Crippen molar-refractivity contribution in [1.82, 2.24) is 14.9 Å². The van der Waals surface area contributed by atoms with Crippen molar-refractivity contribution in [3.05, 3.63) is 60.3 Å². The van der Waals surface area contributed by atoms with Gasteiger partial charge in [0.2, 0.25) is 6.79 Å². The van der Waals surface area contributed by atoms with Crippen molar-refractivity contribution in [3.63, 3.8) is 0 Å². The Morgan fingerprint density at radius 1 is 1.00 bits per heavy atom. The second-order valence-corrected chi connectivity index (χ2v) is 6.50. The van der Waals surface area contributed by atoms with E-state index in [1.165, 1.54) is 0 Å². The number of ether oxygens (including phenoxy) is 2. The first-order chi connectivity index (χ1) is 14.2. The smallest absolute Gasteiger partial charge is 0.272 e. The molecule has 2 heterocycles. The molecule has 0 aliphatic carbocycles. The van der Waals surface area contributed by atoms with Gasteiger partial charge < -0.3 is 19.7 Å². The van der Waals surface area contributed by atoms with Crippen molar-refractivity contribution in [2.24, 2.45) is 0 Å². The van der Waals surface area contributed by atoms with Crippen LogP contribution in [-0.4, -0.2) is 40.7 Å². The normalized spacial score (nSPS) is 11.9. The zero-order chi connectivity index (χ0) is 20.2. The second kappa shape index (κ2) is 8.18. The highest BCUT2D eigenvalue weighted by Gasteiger charge is 2.18. The molecule has 1 N–H and O–H groups in total. The van der Waals surface area contributed by atoms with Gasteiger partial charge in [-0.2, -0.15) is 0 Å². The Labute approximate surface area is 169 Å². The molecule has 7 heteroatoms.